The van der Waals surface area contributed by atoms with Gasteiger partial charge in [0, 0.05) is 50.1 Å². The molecule has 0 aromatic carbocycles. The Morgan fingerprint density at radius 2 is 2.04 bits per heavy atom. The van der Waals surface area contributed by atoms with Crippen molar-refractivity contribution in [1.82, 2.24) is 19.4 Å². The van der Waals surface area contributed by atoms with Crippen molar-refractivity contribution in [2.45, 2.75) is 19.9 Å². The van der Waals surface area contributed by atoms with Crippen LogP contribution in [0, 0.1) is 0 Å². The fraction of sp³-hybridized carbons (Fsp3) is 0.375. The minimum Gasteiger partial charge on any atom is -0.450 e. The molecule has 0 atom stereocenters. The molecule has 0 bridgehead atoms. The second kappa shape index (κ2) is 6.60. The SMILES string of the molecule is CCOC(=O)N1CCc2nc(-c3ccncc3)cc(=O)n2CC1. The standard InChI is InChI=1S/C16H18N4O3/c1-2-23-16(22)19-8-5-14-18-13(12-3-6-17-7-4-12)11-15(21)20(14)10-9-19/h3-4,6-7,11H,2,5,8-10H2,1H3. The van der Waals surface area contributed by atoms with Gasteiger partial charge in [-0.05, 0) is 19.1 Å². The van der Waals surface area contributed by atoms with Crippen LogP contribution in [0.15, 0.2) is 35.4 Å². The molecule has 23 heavy (non-hydrogen) atoms. The molecule has 0 saturated heterocycles. The van der Waals surface area contributed by atoms with E-state index in [1.165, 1.54) is 6.07 Å². The Kier molecular flexibility index (Phi) is 4.36. The molecule has 1 amide bonds. The molecule has 0 saturated carbocycles. The zero-order valence-electron chi connectivity index (χ0n) is 12.9. The van der Waals surface area contributed by atoms with Gasteiger partial charge >= 0.3 is 6.09 Å². The summed E-state index contributed by atoms with van der Waals surface area (Å²) in [7, 11) is 0. The van der Waals surface area contributed by atoms with E-state index in [9.17, 15) is 9.59 Å². The summed E-state index contributed by atoms with van der Waals surface area (Å²) >= 11 is 0. The maximum atomic E-state index is 12.4. The Morgan fingerprint density at radius 3 is 2.78 bits per heavy atom. The van der Waals surface area contributed by atoms with E-state index in [0.29, 0.717) is 44.2 Å². The minimum absolute atomic E-state index is 0.104. The highest BCUT2D eigenvalue weighted by Gasteiger charge is 2.21. The lowest BCUT2D eigenvalue weighted by atomic mass is 10.2. The second-order valence-electron chi connectivity index (χ2n) is 5.22. The third kappa shape index (κ3) is 3.23. The number of ether oxygens (including phenoxy) is 1. The van der Waals surface area contributed by atoms with Gasteiger partial charge in [-0.15, -0.1) is 0 Å². The lowest BCUT2D eigenvalue weighted by Gasteiger charge is -2.18. The van der Waals surface area contributed by atoms with Crippen molar-refractivity contribution in [2.24, 2.45) is 0 Å². The molecule has 0 aliphatic carbocycles. The molecule has 7 nitrogen and oxygen atoms in total. The van der Waals surface area contributed by atoms with Crippen LogP contribution in [-0.2, 0) is 17.7 Å². The molecule has 3 heterocycles. The summed E-state index contributed by atoms with van der Waals surface area (Å²) in [5, 5.41) is 0. The summed E-state index contributed by atoms with van der Waals surface area (Å²) in [5.74, 6) is 0.691. The quantitative estimate of drug-likeness (QED) is 0.835. The van der Waals surface area contributed by atoms with Crippen molar-refractivity contribution in [3.8, 4) is 11.3 Å². The number of carbonyl (C=O) groups is 1. The normalized spacial score (nSPS) is 14.0. The fourth-order valence-electron chi connectivity index (χ4n) is 2.62. The van der Waals surface area contributed by atoms with E-state index in [4.69, 9.17) is 4.74 Å². The first-order chi connectivity index (χ1) is 11.2. The molecule has 120 valence electrons. The van der Waals surface area contributed by atoms with Gasteiger partial charge in [-0.1, -0.05) is 0 Å². The summed E-state index contributed by atoms with van der Waals surface area (Å²) in [6.07, 6.45) is 3.51. The van der Waals surface area contributed by atoms with Gasteiger partial charge in [0.2, 0.25) is 0 Å². The van der Waals surface area contributed by atoms with Gasteiger partial charge in [-0.2, -0.15) is 0 Å². The maximum Gasteiger partial charge on any atom is 0.409 e. The third-order valence-electron chi connectivity index (χ3n) is 3.79. The van der Waals surface area contributed by atoms with E-state index in [1.807, 2.05) is 12.1 Å². The smallest absolute Gasteiger partial charge is 0.409 e. The van der Waals surface area contributed by atoms with Gasteiger partial charge in [-0.25, -0.2) is 9.78 Å². The van der Waals surface area contributed by atoms with Crippen LogP contribution in [0.2, 0.25) is 0 Å². The number of fused-ring (bicyclic) bond motifs is 1. The topological polar surface area (TPSA) is 77.3 Å². The van der Waals surface area contributed by atoms with Gasteiger partial charge in [0.05, 0.1) is 12.3 Å². The zero-order valence-corrected chi connectivity index (χ0v) is 12.9. The van der Waals surface area contributed by atoms with Crippen LogP contribution >= 0.6 is 0 Å². The molecule has 7 heteroatoms. The number of nitrogens with zero attached hydrogens (tertiary/aromatic N) is 4. The van der Waals surface area contributed by atoms with Crippen molar-refractivity contribution in [3.05, 3.63) is 46.8 Å². The first kappa shape index (κ1) is 15.2. The fourth-order valence-corrected chi connectivity index (χ4v) is 2.62. The number of aromatic nitrogens is 3. The van der Waals surface area contributed by atoms with Crippen LogP contribution in [0.5, 0.6) is 0 Å². The molecule has 3 rings (SSSR count). The molecule has 0 fully saturated rings. The summed E-state index contributed by atoms with van der Waals surface area (Å²) in [6.45, 7) is 3.48. The van der Waals surface area contributed by atoms with Crippen molar-refractivity contribution in [1.29, 1.82) is 0 Å². The van der Waals surface area contributed by atoms with Crippen LogP contribution in [-0.4, -0.2) is 45.2 Å². The van der Waals surface area contributed by atoms with Gasteiger partial charge in [0.25, 0.3) is 5.56 Å². The van der Waals surface area contributed by atoms with Crippen molar-refractivity contribution < 1.29 is 9.53 Å². The Labute approximate surface area is 133 Å². The first-order valence-electron chi connectivity index (χ1n) is 7.62. The first-order valence-corrected chi connectivity index (χ1v) is 7.62. The molecule has 0 N–H and O–H groups in total. The second-order valence-corrected chi connectivity index (χ2v) is 5.22. The van der Waals surface area contributed by atoms with Crippen molar-refractivity contribution >= 4 is 6.09 Å². The average molecular weight is 314 g/mol. The highest BCUT2D eigenvalue weighted by atomic mass is 16.6. The van der Waals surface area contributed by atoms with Crippen LogP contribution in [0.3, 0.4) is 0 Å². The molecule has 1 aliphatic rings. The highest BCUT2D eigenvalue weighted by molar-refractivity contribution is 5.67. The number of carbonyl (C=O) groups excluding carboxylic acids is 1. The number of rotatable bonds is 2. The van der Waals surface area contributed by atoms with Crippen LogP contribution in [0.25, 0.3) is 11.3 Å². The lowest BCUT2D eigenvalue weighted by molar-refractivity contribution is 0.108. The van der Waals surface area contributed by atoms with E-state index >= 15 is 0 Å². The average Bonchev–Trinajstić information content (AvgIpc) is 2.79. The van der Waals surface area contributed by atoms with E-state index < -0.39 is 0 Å². The highest BCUT2D eigenvalue weighted by Crippen LogP contribution is 2.15. The van der Waals surface area contributed by atoms with Crippen LogP contribution in [0.4, 0.5) is 4.79 Å². The molecule has 0 unspecified atom stereocenters. The number of hydrogen-bond donors (Lipinski definition) is 0. The van der Waals surface area contributed by atoms with E-state index in [0.717, 1.165) is 5.56 Å². The van der Waals surface area contributed by atoms with Gasteiger partial charge < -0.3 is 9.64 Å². The van der Waals surface area contributed by atoms with E-state index in [2.05, 4.69) is 9.97 Å². The summed E-state index contributed by atoms with van der Waals surface area (Å²) in [4.78, 5) is 34.4. The zero-order chi connectivity index (χ0) is 16.2. The Balaban J connectivity index is 1.89. The molecule has 1 aliphatic heterocycles. The van der Waals surface area contributed by atoms with Crippen LogP contribution < -0.4 is 5.56 Å². The van der Waals surface area contributed by atoms with Crippen LogP contribution in [0.1, 0.15) is 12.7 Å². The third-order valence-corrected chi connectivity index (χ3v) is 3.79. The molecule has 0 spiro atoms. The molecule has 0 radical (unpaired) electrons. The largest absolute Gasteiger partial charge is 0.450 e. The minimum atomic E-state index is -0.345. The maximum absolute atomic E-state index is 12.4. The summed E-state index contributed by atoms with van der Waals surface area (Å²) in [5.41, 5.74) is 1.38. The molecular weight excluding hydrogens is 296 g/mol. The van der Waals surface area contributed by atoms with E-state index in [1.54, 1.807) is 28.8 Å². The van der Waals surface area contributed by atoms with Gasteiger partial charge in [0.1, 0.15) is 5.82 Å². The predicted molar refractivity (Wildman–Crippen MR) is 84.0 cm³/mol. The van der Waals surface area contributed by atoms with Gasteiger partial charge in [-0.3, -0.25) is 14.3 Å². The Morgan fingerprint density at radius 1 is 1.26 bits per heavy atom. The monoisotopic (exact) mass is 314 g/mol. The number of pyridine rings is 1. The molecule has 2 aromatic rings. The summed E-state index contributed by atoms with van der Waals surface area (Å²) < 4.78 is 6.66. The molecule has 2 aromatic heterocycles. The van der Waals surface area contributed by atoms with Gasteiger partial charge in [0.15, 0.2) is 0 Å². The molecular formula is C16H18N4O3. The number of amides is 1. The Bertz CT molecular complexity index is 758. The summed E-state index contributed by atoms with van der Waals surface area (Å²) in [6, 6.07) is 5.17. The number of hydrogen-bond acceptors (Lipinski definition) is 5. The van der Waals surface area contributed by atoms with E-state index in [-0.39, 0.29) is 11.7 Å². The van der Waals surface area contributed by atoms with Crippen molar-refractivity contribution in [3.63, 3.8) is 0 Å². The lowest BCUT2D eigenvalue weighted by Crippen LogP contribution is -2.34. The van der Waals surface area contributed by atoms with Crippen molar-refractivity contribution in [2.75, 3.05) is 19.7 Å². The Hall–Kier alpha value is -2.70. The predicted octanol–water partition coefficient (Wildman–Crippen LogP) is 1.32.